The van der Waals surface area contributed by atoms with E-state index < -0.39 is 16.1 Å². The standard InChI is InChI=1S/C50H41NSi2/c1-52(2)47-23-12-10-19-42(47)44-30-29-37(33-49(44)52)51(46-22-14-21-45-43-20-11-13-24-48(43)53(3,4)50(45)46)36-27-25-35(26-28-36)39-32-31-38(34-15-6-5-7-16-34)40-17-8-9-18-41(39)40/h5-33H,1-4H3. The molecule has 2 aliphatic heterocycles. The van der Waals surface area contributed by atoms with Gasteiger partial charge in [0.05, 0.1) is 0 Å². The molecule has 8 aromatic carbocycles. The third-order valence-corrected chi connectivity index (χ3v) is 19.2. The lowest BCUT2D eigenvalue weighted by atomic mass is 9.92. The highest BCUT2D eigenvalue weighted by Crippen LogP contribution is 2.42. The van der Waals surface area contributed by atoms with Crippen LogP contribution in [0.1, 0.15) is 0 Å². The SMILES string of the molecule is C[Si]1(C)c2ccccc2-c2ccc(N(c3ccc(-c4ccc(-c5ccccc5)c5ccccc45)cc3)c3cccc4c3[Si](C)(C)c3ccccc3-4)cc21. The second-order valence-corrected chi connectivity index (χ2v) is 24.3. The van der Waals surface area contributed by atoms with Gasteiger partial charge in [0.25, 0.3) is 0 Å². The molecule has 8 aromatic rings. The summed E-state index contributed by atoms with van der Waals surface area (Å²) in [4.78, 5) is 2.56. The van der Waals surface area contributed by atoms with Gasteiger partial charge in [-0.2, -0.15) is 0 Å². The van der Waals surface area contributed by atoms with Gasteiger partial charge in [-0.25, -0.2) is 0 Å². The van der Waals surface area contributed by atoms with Crippen LogP contribution in [0.2, 0.25) is 26.2 Å². The fourth-order valence-electron chi connectivity index (χ4n) is 9.47. The average Bonchev–Trinajstić information content (AvgIpc) is 3.58. The van der Waals surface area contributed by atoms with Gasteiger partial charge >= 0.3 is 0 Å². The Morgan fingerprint density at radius 3 is 1.51 bits per heavy atom. The Kier molecular flexibility index (Phi) is 7.17. The molecule has 0 radical (unpaired) electrons. The summed E-state index contributed by atoms with van der Waals surface area (Å²) < 4.78 is 0. The predicted octanol–water partition coefficient (Wildman–Crippen LogP) is 11.2. The second kappa shape index (κ2) is 11.9. The normalized spacial score (nSPS) is 14.3. The maximum atomic E-state index is 2.56. The lowest BCUT2D eigenvalue weighted by molar-refractivity contribution is 1.30. The number of benzene rings is 8. The van der Waals surface area contributed by atoms with Crippen molar-refractivity contribution in [1.82, 2.24) is 0 Å². The van der Waals surface area contributed by atoms with Gasteiger partial charge < -0.3 is 4.90 Å². The first kappa shape index (κ1) is 31.9. The average molecular weight is 712 g/mol. The van der Waals surface area contributed by atoms with Crippen molar-refractivity contribution < 1.29 is 0 Å². The lowest BCUT2D eigenvalue weighted by Gasteiger charge is -2.32. The van der Waals surface area contributed by atoms with Crippen LogP contribution < -0.4 is 25.6 Å². The summed E-state index contributed by atoms with van der Waals surface area (Å²) in [6, 6.07) is 66.0. The minimum absolute atomic E-state index is 1.18. The van der Waals surface area contributed by atoms with Crippen LogP contribution in [0.5, 0.6) is 0 Å². The molecule has 0 fully saturated rings. The highest BCUT2D eigenvalue weighted by molar-refractivity contribution is 7.05. The van der Waals surface area contributed by atoms with Crippen molar-refractivity contribution in [3.05, 3.63) is 176 Å². The van der Waals surface area contributed by atoms with Gasteiger partial charge in [0, 0.05) is 17.1 Å². The van der Waals surface area contributed by atoms with Crippen LogP contribution in [0.4, 0.5) is 17.1 Å². The minimum Gasteiger partial charge on any atom is -0.311 e. The van der Waals surface area contributed by atoms with Crippen molar-refractivity contribution >= 4 is 64.7 Å². The van der Waals surface area contributed by atoms with Crippen molar-refractivity contribution in [2.24, 2.45) is 0 Å². The predicted molar refractivity (Wildman–Crippen MR) is 234 cm³/mol. The van der Waals surface area contributed by atoms with E-state index in [2.05, 4.69) is 207 Å². The van der Waals surface area contributed by atoms with Crippen LogP contribution in [-0.2, 0) is 0 Å². The second-order valence-electron chi connectivity index (χ2n) is 15.7. The zero-order valence-electron chi connectivity index (χ0n) is 30.7. The van der Waals surface area contributed by atoms with E-state index in [0.717, 1.165) is 0 Å². The van der Waals surface area contributed by atoms with E-state index in [1.54, 1.807) is 0 Å². The molecule has 0 N–H and O–H groups in total. The fraction of sp³-hybridized carbons (Fsp3) is 0.0800. The van der Waals surface area contributed by atoms with E-state index >= 15 is 0 Å². The van der Waals surface area contributed by atoms with Crippen molar-refractivity contribution in [1.29, 1.82) is 0 Å². The number of nitrogens with zero attached hydrogens (tertiary/aromatic N) is 1. The zero-order valence-corrected chi connectivity index (χ0v) is 32.7. The Hall–Kier alpha value is -5.75. The van der Waals surface area contributed by atoms with Crippen molar-refractivity contribution in [2.75, 3.05) is 4.90 Å². The smallest absolute Gasteiger partial charge is 0.116 e. The van der Waals surface area contributed by atoms with E-state index in [4.69, 9.17) is 0 Å². The van der Waals surface area contributed by atoms with Gasteiger partial charge in [-0.1, -0.05) is 172 Å². The van der Waals surface area contributed by atoms with E-state index in [1.807, 2.05) is 0 Å². The maximum Gasteiger partial charge on any atom is 0.116 e. The Morgan fingerprint density at radius 1 is 0.340 bits per heavy atom. The van der Waals surface area contributed by atoms with Crippen molar-refractivity contribution in [3.63, 3.8) is 0 Å². The summed E-state index contributed by atoms with van der Waals surface area (Å²) in [6.45, 7) is 10.1. The molecule has 2 aliphatic rings. The van der Waals surface area contributed by atoms with Gasteiger partial charge in [0.15, 0.2) is 0 Å². The quantitative estimate of drug-likeness (QED) is 0.161. The van der Waals surface area contributed by atoms with Crippen molar-refractivity contribution in [2.45, 2.75) is 26.2 Å². The van der Waals surface area contributed by atoms with Gasteiger partial charge in [0.1, 0.15) is 16.1 Å². The topological polar surface area (TPSA) is 3.24 Å². The van der Waals surface area contributed by atoms with Crippen LogP contribution >= 0.6 is 0 Å². The van der Waals surface area contributed by atoms with E-state index in [1.165, 1.54) is 93.1 Å². The third-order valence-electron chi connectivity index (χ3n) is 12.1. The fourth-order valence-corrected chi connectivity index (χ4v) is 16.0. The van der Waals surface area contributed by atoms with E-state index in [9.17, 15) is 0 Å². The molecule has 0 aromatic heterocycles. The molecule has 0 saturated heterocycles. The van der Waals surface area contributed by atoms with Gasteiger partial charge in [0.2, 0.25) is 0 Å². The maximum absolute atomic E-state index is 2.56. The summed E-state index contributed by atoms with van der Waals surface area (Å²) >= 11 is 0. The number of fused-ring (bicyclic) bond motifs is 7. The molecule has 0 bridgehead atoms. The van der Waals surface area contributed by atoms with Crippen LogP contribution in [-0.4, -0.2) is 16.1 Å². The summed E-state index contributed by atoms with van der Waals surface area (Å²) in [6.07, 6.45) is 0. The molecule has 53 heavy (non-hydrogen) atoms. The molecule has 10 rings (SSSR count). The molecule has 0 spiro atoms. The molecule has 0 aliphatic carbocycles. The highest BCUT2D eigenvalue weighted by atomic mass is 28.3. The first-order chi connectivity index (χ1) is 25.8. The summed E-state index contributed by atoms with van der Waals surface area (Å²) in [5.41, 5.74) is 14.3. The molecular weight excluding hydrogens is 671 g/mol. The van der Waals surface area contributed by atoms with E-state index in [-0.39, 0.29) is 0 Å². The van der Waals surface area contributed by atoms with Crippen LogP contribution in [0.15, 0.2) is 176 Å². The molecule has 0 unspecified atom stereocenters. The third kappa shape index (κ3) is 4.81. The number of hydrogen-bond acceptors (Lipinski definition) is 1. The Balaban J connectivity index is 1.15. The van der Waals surface area contributed by atoms with E-state index in [0.29, 0.717) is 0 Å². The van der Waals surface area contributed by atoms with Gasteiger partial charge in [-0.05, 0) is 106 Å². The number of hydrogen-bond donors (Lipinski definition) is 0. The molecule has 0 saturated carbocycles. The monoisotopic (exact) mass is 711 g/mol. The Labute approximate surface area is 314 Å². The number of rotatable bonds is 5. The molecule has 0 amide bonds. The summed E-state index contributed by atoms with van der Waals surface area (Å²) in [7, 11) is -3.90. The van der Waals surface area contributed by atoms with Gasteiger partial charge in [-0.15, -0.1) is 0 Å². The zero-order chi connectivity index (χ0) is 35.9. The molecule has 0 atom stereocenters. The molecule has 2 heterocycles. The van der Waals surface area contributed by atoms with Crippen LogP contribution in [0.3, 0.4) is 0 Å². The number of anilines is 3. The lowest BCUT2D eigenvalue weighted by Crippen LogP contribution is -2.51. The highest BCUT2D eigenvalue weighted by Gasteiger charge is 2.41. The molecule has 3 heteroatoms. The molecule has 254 valence electrons. The van der Waals surface area contributed by atoms with Gasteiger partial charge in [-0.3, -0.25) is 0 Å². The Morgan fingerprint density at radius 2 is 0.830 bits per heavy atom. The largest absolute Gasteiger partial charge is 0.311 e. The van der Waals surface area contributed by atoms with Crippen LogP contribution in [0.25, 0.3) is 55.3 Å². The minimum atomic E-state index is -2.02. The Bertz CT molecular complexity index is 2730. The van der Waals surface area contributed by atoms with Crippen LogP contribution in [0, 0.1) is 0 Å². The summed E-state index contributed by atoms with van der Waals surface area (Å²) in [5, 5.41) is 8.66. The summed E-state index contributed by atoms with van der Waals surface area (Å²) in [5.74, 6) is 0. The van der Waals surface area contributed by atoms with Crippen molar-refractivity contribution in [3.8, 4) is 44.5 Å². The molecule has 1 nitrogen and oxygen atoms in total. The molecular formula is C50H41NSi2. The first-order valence-electron chi connectivity index (χ1n) is 18.8. The first-order valence-corrected chi connectivity index (χ1v) is 24.8.